The average Bonchev–Trinajstić information content (AvgIpc) is 2.47. The predicted octanol–water partition coefficient (Wildman–Crippen LogP) is 3.69. The van der Waals surface area contributed by atoms with Gasteiger partial charge >= 0.3 is 11.7 Å². The van der Waals surface area contributed by atoms with Crippen LogP contribution in [0.15, 0.2) is 42.5 Å². The minimum absolute atomic E-state index is 0. The second-order valence-corrected chi connectivity index (χ2v) is 3.83. The van der Waals surface area contributed by atoms with Crippen LogP contribution in [0.4, 0.5) is 14.5 Å². The molecule has 2 aromatic carbocycles. The Kier molecular flexibility index (Phi) is 7.89. The molecule has 0 aliphatic carbocycles. The number of para-hydroxylation sites is 1. The van der Waals surface area contributed by atoms with Crippen molar-refractivity contribution in [1.82, 2.24) is 0 Å². The van der Waals surface area contributed by atoms with Gasteiger partial charge in [0.1, 0.15) is 17.1 Å². The van der Waals surface area contributed by atoms with Crippen molar-refractivity contribution in [3.63, 3.8) is 0 Å². The number of hydrogen-bond acceptors (Lipinski definition) is 5. The predicted molar refractivity (Wildman–Crippen MR) is 79.2 cm³/mol. The SMILES string of the molecule is C.COC(=O)c1c(O)cccc1F.O=[N+]([O-])c1ccccc1F. The van der Waals surface area contributed by atoms with Crippen molar-refractivity contribution in [2.45, 2.75) is 7.43 Å². The smallest absolute Gasteiger partial charge is 0.344 e. The topological polar surface area (TPSA) is 89.7 Å². The number of halogens is 2. The van der Waals surface area contributed by atoms with E-state index in [4.69, 9.17) is 5.11 Å². The van der Waals surface area contributed by atoms with E-state index in [1.165, 1.54) is 24.3 Å². The van der Waals surface area contributed by atoms with Gasteiger partial charge in [-0.25, -0.2) is 9.18 Å². The first kappa shape index (κ1) is 20.0. The maximum Gasteiger partial charge on any atom is 0.344 e. The summed E-state index contributed by atoms with van der Waals surface area (Å²) in [6.45, 7) is 0. The van der Waals surface area contributed by atoms with Crippen molar-refractivity contribution in [2.24, 2.45) is 0 Å². The van der Waals surface area contributed by atoms with E-state index >= 15 is 0 Å². The van der Waals surface area contributed by atoms with Crippen LogP contribution in [0.25, 0.3) is 0 Å². The number of nitrogens with zero attached hydrogens (tertiary/aromatic N) is 1. The number of methoxy groups -OCH3 is 1. The normalized spacial score (nSPS) is 9.00. The van der Waals surface area contributed by atoms with Crippen molar-refractivity contribution in [1.29, 1.82) is 0 Å². The molecular formula is C15H15F2NO5. The van der Waals surface area contributed by atoms with Gasteiger partial charge in [0.2, 0.25) is 5.82 Å². The van der Waals surface area contributed by atoms with Gasteiger partial charge in [-0.3, -0.25) is 10.1 Å². The van der Waals surface area contributed by atoms with Crippen LogP contribution in [0.5, 0.6) is 5.75 Å². The summed E-state index contributed by atoms with van der Waals surface area (Å²) >= 11 is 0. The summed E-state index contributed by atoms with van der Waals surface area (Å²) in [6.07, 6.45) is 0. The van der Waals surface area contributed by atoms with Crippen LogP contribution in [0.1, 0.15) is 17.8 Å². The fraction of sp³-hybridized carbons (Fsp3) is 0.133. The molecule has 0 aliphatic heterocycles. The van der Waals surface area contributed by atoms with E-state index in [-0.39, 0.29) is 7.43 Å². The molecule has 0 aliphatic rings. The summed E-state index contributed by atoms with van der Waals surface area (Å²) in [5.41, 5.74) is -0.914. The second kappa shape index (κ2) is 9.08. The maximum absolute atomic E-state index is 12.8. The number of phenolic OH excluding ortho intramolecular Hbond substituents is 1. The van der Waals surface area contributed by atoms with Gasteiger partial charge in [-0.15, -0.1) is 0 Å². The van der Waals surface area contributed by atoms with E-state index in [1.54, 1.807) is 0 Å². The number of aromatic hydroxyl groups is 1. The Hall–Kier alpha value is -3.03. The molecule has 2 rings (SSSR count). The van der Waals surface area contributed by atoms with Gasteiger partial charge in [0.25, 0.3) is 0 Å². The average molecular weight is 327 g/mol. The van der Waals surface area contributed by atoms with Crippen molar-refractivity contribution in [2.75, 3.05) is 7.11 Å². The van der Waals surface area contributed by atoms with Crippen molar-refractivity contribution < 1.29 is 28.3 Å². The number of nitro groups is 1. The minimum Gasteiger partial charge on any atom is -0.507 e. The van der Waals surface area contributed by atoms with E-state index in [0.717, 1.165) is 25.3 Å². The van der Waals surface area contributed by atoms with E-state index in [9.17, 15) is 23.7 Å². The molecule has 0 saturated carbocycles. The fourth-order valence-corrected chi connectivity index (χ4v) is 1.42. The molecule has 8 heteroatoms. The third-order valence-corrected chi connectivity index (χ3v) is 2.43. The monoisotopic (exact) mass is 327 g/mol. The molecule has 0 bridgehead atoms. The van der Waals surface area contributed by atoms with Gasteiger partial charge < -0.3 is 9.84 Å². The number of rotatable bonds is 2. The van der Waals surface area contributed by atoms with E-state index < -0.39 is 39.5 Å². The lowest BCUT2D eigenvalue weighted by atomic mass is 10.2. The first-order valence-electron chi connectivity index (χ1n) is 5.83. The van der Waals surface area contributed by atoms with Crippen LogP contribution in [0.2, 0.25) is 0 Å². The van der Waals surface area contributed by atoms with Crippen molar-refractivity contribution >= 4 is 11.7 Å². The summed E-state index contributed by atoms with van der Waals surface area (Å²) in [5.74, 6) is -2.89. The van der Waals surface area contributed by atoms with E-state index in [0.29, 0.717) is 0 Å². The first-order valence-corrected chi connectivity index (χ1v) is 5.83. The van der Waals surface area contributed by atoms with E-state index in [2.05, 4.69) is 4.74 Å². The zero-order chi connectivity index (χ0) is 16.7. The van der Waals surface area contributed by atoms with Gasteiger partial charge in [0.05, 0.1) is 12.0 Å². The summed E-state index contributed by atoms with van der Waals surface area (Å²) in [6, 6.07) is 8.59. The Bertz CT molecular complexity index is 671. The van der Waals surface area contributed by atoms with Crippen molar-refractivity contribution in [3.8, 4) is 5.75 Å². The molecule has 0 heterocycles. The standard InChI is InChI=1S/C8H7FO3.C6H4FNO2.CH4/c1-12-8(11)7-5(9)3-2-4-6(7)10;7-5-3-1-2-4-6(5)8(9)10;/h2-4,10H,1H3;1-4H;1H4. The van der Waals surface area contributed by atoms with Crippen LogP contribution in [0, 0.1) is 21.7 Å². The molecular weight excluding hydrogens is 312 g/mol. The number of hydrogen-bond donors (Lipinski definition) is 1. The zero-order valence-electron chi connectivity index (χ0n) is 11.3. The Labute approximate surface area is 131 Å². The Balaban J connectivity index is 0.000000409. The third-order valence-electron chi connectivity index (χ3n) is 2.43. The Morgan fingerprint density at radius 1 is 1.13 bits per heavy atom. The molecule has 0 aromatic heterocycles. The highest BCUT2D eigenvalue weighted by atomic mass is 19.1. The lowest BCUT2D eigenvalue weighted by Gasteiger charge is -2.02. The molecule has 0 radical (unpaired) electrons. The molecule has 0 fully saturated rings. The highest BCUT2D eigenvalue weighted by Crippen LogP contribution is 2.20. The lowest BCUT2D eigenvalue weighted by Crippen LogP contribution is -2.04. The summed E-state index contributed by atoms with van der Waals surface area (Å²) in [5, 5.41) is 19.0. The number of carbonyl (C=O) groups excluding carboxylic acids is 1. The van der Waals surface area contributed by atoms with Gasteiger partial charge in [0, 0.05) is 6.07 Å². The first-order chi connectivity index (χ1) is 10.4. The number of carbonyl (C=O) groups is 1. The Morgan fingerprint density at radius 3 is 2.13 bits per heavy atom. The van der Waals surface area contributed by atoms with Gasteiger partial charge in [-0.2, -0.15) is 4.39 Å². The van der Waals surface area contributed by atoms with Crippen LogP contribution < -0.4 is 0 Å². The summed E-state index contributed by atoms with van der Waals surface area (Å²) in [7, 11) is 1.12. The molecule has 0 saturated heterocycles. The van der Waals surface area contributed by atoms with Gasteiger partial charge in [0.15, 0.2) is 0 Å². The van der Waals surface area contributed by atoms with Crippen LogP contribution in [0.3, 0.4) is 0 Å². The minimum atomic E-state index is -0.884. The molecule has 2 aromatic rings. The van der Waals surface area contributed by atoms with Gasteiger partial charge in [-0.05, 0) is 18.2 Å². The zero-order valence-corrected chi connectivity index (χ0v) is 11.3. The molecule has 6 nitrogen and oxygen atoms in total. The maximum atomic E-state index is 12.8. The third kappa shape index (κ3) is 5.34. The highest BCUT2D eigenvalue weighted by molar-refractivity contribution is 5.92. The number of benzene rings is 2. The van der Waals surface area contributed by atoms with Crippen LogP contribution >= 0.6 is 0 Å². The quantitative estimate of drug-likeness (QED) is 0.516. The van der Waals surface area contributed by atoms with Crippen LogP contribution in [-0.4, -0.2) is 23.1 Å². The molecule has 0 atom stereocenters. The lowest BCUT2D eigenvalue weighted by molar-refractivity contribution is -0.387. The molecule has 0 unspecified atom stereocenters. The fourth-order valence-electron chi connectivity index (χ4n) is 1.42. The number of ether oxygens (including phenoxy) is 1. The van der Waals surface area contributed by atoms with Crippen molar-refractivity contribution in [3.05, 3.63) is 69.8 Å². The Morgan fingerprint density at radius 2 is 1.70 bits per heavy atom. The molecule has 23 heavy (non-hydrogen) atoms. The molecule has 0 amide bonds. The number of nitro benzene ring substituents is 1. The summed E-state index contributed by atoms with van der Waals surface area (Å²) < 4.78 is 29.5. The number of phenols is 1. The summed E-state index contributed by atoms with van der Waals surface area (Å²) in [4.78, 5) is 20.1. The number of esters is 1. The molecule has 0 spiro atoms. The second-order valence-electron chi connectivity index (χ2n) is 3.83. The highest BCUT2D eigenvalue weighted by Gasteiger charge is 2.16. The van der Waals surface area contributed by atoms with Gasteiger partial charge in [-0.1, -0.05) is 25.6 Å². The van der Waals surface area contributed by atoms with E-state index in [1.807, 2.05) is 0 Å². The largest absolute Gasteiger partial charge is 0.507 e. The molecule has 124 valence electrons. The molecule has 1 N–H and O–H groups in total. The van der Waals surface area contributed by atoms with Crippen LogP contribution in [-0.2, 0) is 4.74 Å².